The zero-order valence-corrected chi connectivity index (χ0v) is 35.2. The molecule has 2 heterocycles. The standard InChI is InChI=1S/C40H26N8O12S4/c49-57-59-61-36-21-29(48-44-35-22-37(62-60-58-50)32-3-1-2-4-33(32)40(35)46-48)13-8-23(36)5-6-24-7-10-27(20-38(24)64(54,55)56)42-41-26-11-14-28(15-12-26)47-43-34-18-9-25-19-30(63(51,52)53)16-17-31(25)39(34)45-47/h1-22,49-50H,(H,51,52,53)(H,54,55,56). The Labute approximate surface area is 368 Å². The largest absolute Gasteiger partial charge is 0.295 e. The third-order valence-corrected chi connectivity index (χ3v) is 12.7. The molecular formula is C40H26N8O12S4. The number of fused-ring (bicyclic) bond motifs is 6. The third-order valence-electron chi connectivity index (χ3n) is 9.61. The Morgan fingerprint density at radius 1 is 0.547 bits per heavy atom. The van der Waals surface area contributed by atoms with Crippen molar-refractivity contribution in [1.29, 1.82) is 0 Å². The number of rotatable bonds is 14. The van der Waals surface area contributed by atoms with Gasteiger partial charge >= 0.3 is 0 Å². The number of azo groups is 1. The van der Waals surface area contributed by atoms with Gasteiger partial charge in [-0.2, -0.15) is 36.7 Å². The van der Waals surface area contributed by atoms with Crippen LogP contribution in [0.5, 0.6) is 0 Å². The average molecular weight is 939 g/mol. The molecule has 7 aromatic carbocycles. The van der Waals surface area contributed by atoms with Gasteiger partial charge in [0.2, 0.25) is 0 Å². The van der Waals surface area contributed by atoms with Gasteiger partial charge in [0.1, 0.15) is 27.0 Å². The molecule has 0 fully saturated rings. The van der Waals surface area contributed by atoms with E-state index < -0.39 is 25.1 Å². The summed E-state index contributed by atoms with van der Waals surface area (Å²) in [6, 6.07) is 32.5. The van der Waals surface area contributed by atoms with Crippen LogP contribution < -0.4 is 0 Å². The monoisotopic (exact) mass is 938 g/mol. The second-order valence-corrected chi connectivity index (χ2v) is 17.8. The number of hydrogen-bond acceptors (Lipinski definition) is 18. The zero-order chi connectivity index (χ0) is 44.6. The minimum atomic E-state index is -4.76. The molecule has 0 aliphatic rings. The van der Waals surface area contributed by atoms with Crippen LogP contribution in [-0.2, 0) is 39.0 Å². The van der Waals surface area contributed by atoms with E-state index in [0.29, 0.717) is 77.3 Å². The van der Waals surface area contributed by atoms with Gasteiger partial charge in [0.15, 0.2) is 0 Å². The summed E-state index contributed by atoms with van der Waals surface area (Å²) in [4.78, 5) is 3.12. The van der Waals surface area contributed by atoms with Gasteiger partial charge in [-0.15, -0.1) is 29.1 Å². The van der Waals surface area contributed by atoms with Crippen LogP contribution in [0.4, 0.5) is 11.4 Å². The maximum absolute atomic E-state index is 12.6. The fraction of sp³-hybridized carbons (Fsp3) is 0. The molecule has 0 spiro atoms. The zero-order valence-electron chi connectivity index (χ0n) is 32.0. The highest BCUT2D eigenvalue weighted by Gasteiger charge is 2.18. The summed E-state index contributed by atoms with van der Waals surface area (Å²) in [5.74, 6) is 0. The number of aromatic nitrogens is 6. The molecule has 4 N–H and O–H groups in total. The first-order chi connectivity index (χ1) is 30.9. The molecule has 2 aromatic heterocycles. The van der Waals surface area contributed by atoms with Crippen molar-refractivity contribution in [2.24, 2.45) is 10.2 Å². The van der Waals surface area contributed by atoms with Gasteiger partial charge in [0.05, 0.1) is 51.7 Å². The van der Waals surface area contributed by atoms with E-state index in [1.165, 1.54) is 46.0 Å². The first-order valence-corrected chi connectivity index (χ1v) is 22.5. The van der Waals surface area contributed by atoms with E-state index in [9.17, 15) is 25.9 Å². The summed E-state index contributed by atoms with van der Waals surface area (Å²) in [7, 11) is -9.14. The van der Waals surface area contributed by atoms with E-state index >= 15 is 0 Å². The molecule has 9 rings (SSSR count). The smallest absolute Gasteiger partial charge is 0.282 e. The second kappa shape index (κ2) is 17.6. The minimum absolute atomic E-state index is 0.118. The van der Waals surface area contributed by atoms with Crippen LogP contribution in [0, 0.1) is 0 Å². The molecule has 0 amide bonds. The van der Waals surface area contributed by atoms with Crippen LogP contribution in [0.15, 0.2) is 151 Å². The molecule has 24 heteroatoms. The fourth-order valence-electron chi connectivity index (χ4n) is 6.71. The SMILES string of the molecule is O=S(=O)(O)c1ccc2c(ccc3nn(-c4ccc(N=Nc5ccc(C=Cc6ccc(-n7nc8cc(SOOO)c9ccccc9c8n7)cc6SOOO)c(S(=O)(=O)O)c5)cc4)nc32)c1. The van der Waals surface area contributed by atoms with Gasteiger partial charge in [-0.25, -0.2) is 10.5 Å². The van der Waals surface area contributed by atoms with E-state index in [2.05, 4.69) is 45.0 Å². The van der Waals surface area contributed by atoms with Crippen LogP contribution >= 0.6 is 24.1 Å². The Kier molecular flexibility index (Phi) is 11.7. The van der Waals surface area contributed by atoms with Crippen molar-refractivity contribution in [1.82, 2.24) is 30.0 Å². The molecule has 0 bridgehead atoms. The van der Waals surface area contributed by atoms with E-state index in [-0.39, 0.29) is 16.1 Å². The van der Waals surface area contributed by atoms with Crippen LogP contribution in [0.25, 0.3) is 67.1 Å². The maximum atomic E-state index is 12.6. The molecule has 0 unspecified atom stereocenters. The lowest BCUT2D eigenvalue weighted by Crippen LogP contribution is -2.00. The van der Waals surface area contributed by atoms with E-state index in [1.54, 1.807) is 72.8 Å². The highest BCUT2D eigenvalue weighted by atomic mass is 32.2. The van der Waals surface area contributed by atoms with Crippen molar-refractivity contribution in [2.75, 3.05) is 0 Å². The predicted octanol–water partition coefficient (Wildman–Crippen LogP) is 9.40. The third kappa shape index (κ3) is 8.84. The molecule has 0 saturated heterocycles. The van der Waals surface area contributed by atoms with Crippen molar-refractivity contribution in [2.45, 2.75) is 19.6 Å². The number of hydrogen-bond donors (Lipinski definition) is 4. The van der Waals surface area contributed by atoms with Gasteiger partial charge in [-0.1, -0.05) is 70.8 Å². The van der Waals surface area contributed by atoms with E-state index in [4.69, 9.17) is 14.8 Å². The summed E-state index contributed by atoms with van der Waals surface area (Å²) in [5, 5.41) is 54.8. The average Bonchev–Trinajstić information content (AvgIpc) is 3.94. The summed E-state index contributed by atoms with van der Waals surface area (Å²) < 4.78 is 77.4. The molecule has 0 aliphatic carbocycles. The van der Waals surface area contributed by atoms with Gasteiger partial charge < -0.3 is 0 Å². The molecule has 0 aliphatic heterocycles. The topological polar surface area (TPSA) is 272 Å². The molecule has 64 heavy (non-hydrogen) atoms. The van der Waals surface area contributed by atoms with Crippen molar-refractivity contribution in [3.63, 3.8) is 0 Å². The fourth-order valence-corrected chi connectivity index (χ4v) is 8.97. The molecule has 20 nitrogen and oxygen atoms in total. The summed E-state index contributed by atoms with van der Waals surface area (Å²) in [5.41, 5.74) is 4.34. The van der Waals surface area contributed by atoms with Crippen LogP contribution in [0.2, 0.25) is 0 Å². The molecule has 322 valence electrons. The highest BCUT2D eigenvalue weighted by molar-refractivity contribution is 7.95. The van der Waals surface area contributed by atoms with Gasteiger partial charge in [-0.05, 0) is 89.3 Å². The molecule has 0 radical (unpaired) electrons. The molecule has 0 saturated carbocycles. The predicted molar refractivity (Wildman–Crippen MR) is 233 cm³/mol. The highest BCUT2D eigenvalue weighted by Crippen LogP contribution is 2.35. The normalized spacial score (nSPS) is 12.6. The van der Waals surface area contributed by atoms with Crippen molar-refractivity contribution >= 4 is 111 Å². The maximum Gasteiger partial charge on any atom is 0.295 e. The Morgan fingerprint density at radius 2 is 1.17 bits per heavy atom. The Bertz CT molecular complexity index is 3570. The van der Waals surface area contributed by atoms with Crippen LogP contribution in [-0.4, -0.2) is 66.4 Å². The Hall–Kier alpha value is -6.52. The Balaban J connectivity index is 0.955. The second-order valence-electron chi connectivity index (χ2n) is 13.5. The quantitative estimate of drug-likeness (QED) is 0.0197. The summed E-state index contributed by atoms with van der Waals surface area (Å²) in [6.07, 6.45) is 3.02. The summed E-state index contributed by atoms with van der Waals surface area (Å²) in [6.45, 7) is 0. The van der Waals surface area contributed by atoms with Crippen molar-refractivity contribution in [3.8, 4) is 11.4 Å². The lowest BCUT2D eigenvalue weighted by molar-refractivity contribution is -0.432. The van der Waals surface area contributed by atoms with Crippen molar-refractivity contribution < 1.29 is 55.2 Å². The Morgan fingerprint density at radius 3 is 1.91 bits per heavy atom. The van der Waals surface area contributed by atoms with Crippen LogP contribution in [0.3, 0.4) is 0 Å². The van der Waals surface area contributed by atoms with Crippen molar-refractivity contribution in [3.05, 3.63) is 132 Å². The van der Waals surface area contributed by atoms with E-state index in [1.807, 2.05) is 24.3 Å². The molecule has 0 atom stereocenters. The first kappa shape index (κ1) is 42.8. The summed E-state index contributed by atoms with van der Waals surface area (Å²) >= 11 is 1.45. The minimum Gasteiger partial charge on any atom is -0.282 e. The number of benzene rings is 7. The van der Waals surface area contributed by atoms with Crippen LogP contribution in [0.1, 0.15) is 11.1 Å². The molecular weight excluding hydrogens is 913 g/mol. The van der Waals surface area contributed by atoms with Gasteiger partial charge in [-0.3, -0.25) is 9.11 Å². The van der Waals surface area contributed by atoms with Gasteiger partial charge in [0.25, 0.3) is 20.2 Å². The lowest BCUT2D eigenvalue weighted by Gasteiger charge is -2.08. The van der Waals surface area contributed by atoms with E-state index in [0.717, 1.165) is 22.8 Å². The molecule has 9 aromatic rings. The first-order valence-electron chi connectivity index (χ1n) is 18.2. The number of nitrogens with zero attached hydrogens (tertiary/aromatic N) is 8. The lowest BCUT2D eigenvalue weighted by atomic mass is 10.1. The van der Waals surface area contributed by atoms with Gasteiger partial charge in [0, 0.05) is 25.9 Å².